The number of aliphatic hydroxyl groups excluding tert-OH is 1. The first-order valence-electron chi connectivity index (χ1n) is 8.86. The molecular weight excluding hydrogens is 360 g/mol. The topological polar surface area (TPSA) is 102 Å². The van der Waals surface area contributed by atoms with Crippen molar-refractivity contribution in [1.29, 1.82) is 0 Å². The molecule has 4 N–H and O–H groups in total. The van der Waals surface area contributed by atoms with E-state index in [4.69, 9.17) is 24.9 Å². The minimum Gasteiger partial charge on any atom is -0.497 e. The standard InChI is InChI=1S/C20H26N4O4/c1-24(13-5-7-14(26-2)8-6-13)19-15-11-17(27-3)18(28-4)12-16(15)22-20(21,23-19)9-10-25/h5-8,11-12,22,25H,9-10,21H2,1-4H3. The van der Waals surface area contributed by atoms with E-state index in [1.54, 1.807) is 21.3 Å². The number of rotatable bonds is 6. The molecule has 0 saturated carbocycles. The fraction of sp³-hybridized carbons (Fsp3) is 0.350. The number of fused-ring (bicyclic) bond motifs is 1. The Bertz CT molecular complexity index is 869. The van der Waals surface area contributed by atoms with Gasteiger partial charge in [-0.2, -0.15) is 0 Å². The monoisotopic (exact) mass is 386 g/mol. The van der Waals surface area contributed by atoms with Gasteiger partial charge in [-0.1, -0.05) is 0 Å². The van der Waals surface area contributed by atoms with E-state index in [1.807, 2.05) is 48.3 Å². The molecule has 28 heavy (non-hydrogen) atoms. The molecule has 2 aromatic rings. The van der Waals surface area contributed by atoms with Crippen LogP contribution in [0.1, 0.15) is 12.0 Å². The summed E-state index contributed by atoms with van der Waals surface area (Å²) in [6, 6.07) is 11.3. The number of amidine groups is 1. The van der Waals surface area contributed by atoms with Gasteiger partial charge in [0.05, 0.1) is 27.0 Å². The van der Waals surface area contributed by atoms with Crippen molar-refractivity contribution in [2.75, 3.05) is 45.2 Å². The summed E-state index contributed by atoms with van der Waals surface area (Å²) in [6.07, 6.45) is 0.251. The highest BCUT2D eigenvalue weighted by Crippen LogP contribution is 2.38. The van der Waals surface area contributed by atoms with Crippen LogP contribution in [0, 0.1) is 0 Å². The third-order valence-electron chi connectivity index (χ3n) is 4.69. The first kappa shape index (κ1) is 19.8. The molecule has 0 aromatic heterocycles. The van der Waals surface area contributed by atoms with E-state index < -0.39 is 5.79 Å². The number of hydrogen-bond donors (Lipinski definition) is 3. The summed E-state index contributed by atoms with van der Waals surface area (Å²) in [7, 11) is 6.70. The first-order valence-corrected chi connectivity index (χ1v) is 8.86. The second-order valence-corrected chi connectivity index (χ2v) is 6.47. The molecule has 0 amide bonds. The quantitative estimate of drug-likeness (QED) is 0.698. The molecule has 1 atom stereocenters. The fourth-order valence-electron chi connectivity index (χ4n) is 3.15. The Morgan fingerprint density at radius 2 is 1.71 bits per heavy atom. The molecule has 0 aliphatic carbocycles. The molecule has 0 bridgehead atoms. The fourth-order valence-corrected chi connectivity index (χ4v) is 3.15. The van der Waals surface area contributed by atoms with Crippen LogP contribution in [0.5, 0.6) is 17.2 Å². The second kappa shape index (κ2) is 7.95. The highest BCUT2D eigenvalue weighted by atomic mass is 16.5. The highest BCUT2D eigenvalue weighted by molar-refractivity contribution is 6.14. The molecular formula is C20H26N4O4. The number of hydrogen-bond acceptors (Lipinski definition) is 8. The zero-order valence-corrected chi connectivity index (χ0v) is 16.5. The Morgan fingerprint density at radius 3 is 2.29 bits per heavy atom. The number of nitrogens with two attached hydrogens (primary N) is 1. The molecule has 1 heterocycles. The van der Waals surface area contributed by atoms with Gasteiger partial charge >= 0.3 is 0 Å². The molecule has 1 unspecified atom stereocenters. The maximum atomic E-state index is 9.45. The van der Waals surface area contributed by atoms with Crippen molar-refractivity contribution in [3.05, 3.63) is 42.0 Å². The number of benzene rings is 2. The number of nitrogens with one attached hydrogen (secondary N) is 1. The summed E-state index contributed by atoms with van der Waals surface area (Å²) in [5, 5.41) is 12.7. The molecule has 3 rings (SSSR count). The molecule has 0 fully saturated rings. The summed E-state index contributed by atoms with van der Waals surface area (Å²) in [5.74, 6) is 1.44. The van der Waals surface area contributed by atoms with Crippen LogP contribution in [0.15, 0.2) is 41.4 Å². The number of ether oxygens (including phenoxy) is 3. The Balaban J connectivity index is 2.11. The van der Waals surface area contributed by atoms with E-state index in [-0.39, 0.29) is 13.0 Å². The van der Waals surface area contributed by atoms with Crippen molar-refractivity contribution in [1.82, 2.24) is 0 Å². The lowest BCUT2D eigenvalue weighted by Gasteiger charge is -2.36. The van der Waals surface area contributed by atoms with E-state index in [1.165, 1.54) is 0 Å². The highest BCUT2D eigenvalue weighted by Gasteiger charge is 2.33. The predicted molar refractivity (Wildman–Crippen MR) is 110 cm³/mol. The molecule has 0 saturated heterocycles. The number of anilines is 2. The summed E-state index contributed by atoms with van der Waals surface area (Å²) in [5.41, 5.74) is 8.90. The van der Waals surface area contributed by atoms with Crippen molar-refractivity contribution in [2.45, 2.75) is 12.2 Å². The molecule has 8 heteroatoms. The Kier molecular flexibility index (Phi) is 5.62. The molecule has 1 aliphatic heterocycles. The number of aliphatic hydroxyl groups is 1. The van der Waals surface area contributed by atoms with Crippen molar-refractivity contribution in [3.8, 4) is 17.2 Å². The van der Waals surface area contributed by atoms with Crippen LogP contribution in [-0.2, 0) is 0 Å². The van der Waals surface area contributed by atoms with Crippen molar-refractivity contribution < 1.29 is 19.3 Å². The van der Waals surface area contributed by atoms with Crippen LogP contribution in [-0.4, -0.2) is 51.7 Å². The van der Waals surface area contributed by atoms with Gasteiger partial charge in [0.25, 0.3) is 0 Å². The average Bonchev–Trinajstić information content (AvgIpc) is 2.71. The van der Waals surface area contributed by atoms with E-state index in [2.05, 4.69) is 5.32 Å². The summed E-state index contributed by atoms with van der Waals surface area (Å²) in [4.78, 5) is 6.65. The molecule has 0 radical (unpaired) electrons. The molecule has 8 nitrogen and oxygen atoms in total. The molecule has 150 valence electrons. The number of aliphatic imine (C=N–C) groups is 1. The molecule has 2 aromatic carbocycles. The van der Waals surface area contributed by atoms with Crippen LogP contribution in [0.3, 0.4) is 0 Å². The normalized spacial score (nSPS) is 17.9. The smallest absolute Gasteiger partial charge is 0.186 e. The molecule has 0 spiro atoms. The van der Waals surface area contributed by atoms with Crippen molar-refractivity contribution in [2.24, 2.45) is 10.7 Å². The maximum Gasteiger partial charge on any atom is 0.186 e. The zero-order chi connectivity index (χ0) is 20.3. The zero-order valence-electron chi connectivity index (χ0n) is 16.5. The van der Waals surface area contributed by atoms with Crippen molar-refractivity contribution in [3.63, 3.8) is 0 Å². The third kappa shape index (κ3) is 3.69. The van der Waals surface area contributed by atoms with E-state index in [9.17, 15) is 5.11 Å². The lowest BCUT2D eigenvalue weighted by molar-refractivity contribution is 0.252. The number of methoxy groups -OCH3 is 3. The SMILES string of the molecule is COc1ccc(N(C)C2=NC(N)(CCO)Nc3cc(OC)c(OC)cc32)cc1. The average molecular weight is 386 g/mol. The lowest BCUT2D eigenvalue weighted by atomic mass is 10.0. The van der Waals surface area contributed by atoms with Crippen LogP contribution in [0.2, 0.25) is 0 Å². The van der Waals surface area contributed by atoms with Gasteiger partial charge in [-0.25, -0.2) is 4.99 Å². The van der Waals surface area contributed by atoms with Gasteiger partial charge in [0.2, 0.25) is 0 Å². The van der Waals surface area contributed by atoms with Gasteiger partial charge in [0.15, 0.2) is 17.3 Å². The Labute approximate surface area is 164 Å². The summed E-state index contributed by atoms with van der Waals surface area (Å²) >= 11 is 0. The van der Waals surface area contributed by atoms with Crippen molar-refractivity contribution >= 4 is 17.2 Å². The predicted octanol–water partition coefficient (Wildman–Crippen LogP) is 2.02. The van der Waals surface area contributed by atoms with Gasteiger partial charge in [-0.15, -0.1) is 0 Å². The second-order valence-electron chi connectivity index (χ2n) is 6.47. The van der Waals surface area contributed by atoms with E-state index in [0.29, 0.717) is 17.3 Å². The van der Waals surface area contributed by atoms with Crippen LogP contribution in [0.4, 0.5) is 11.4 Å². The Hall–Kier alpha value is -2.97. The van der Waals surface area contributed by atoms with Gasteiger partial charge in [-0.05, 0) is 30.3 Å². The minimum absolute atomic E-state index is 0.102. The van der Waals surface area contributed by atoms with Gasteiger partial charge in [0, 0.05) is 37.4 Å². The van der Waals surface area contributed by atoms with Crippen LogP contribution < -0.4 is 30.2 Å². The van der Waals surface area contributed by atoms with Crippen LogP contribution in [0.25, 0.3) is 0 Å². The summed E-state index contributed by atoms with van der Waals surface area (Å²) in [6.45, 7) is -0.102. The van der Waals surface area contributed by atoms with Gasteiger partial charge in [0.1, 0.15) is 11.6 Å². The van der Waals surface area contributed by atoms with Crippen LogP contribution >= 0.6 is 0 Å². The van der Waals surface area contributed by atoms with Gasteiger partial charge in [-0.3, -0.25) is 5.73 Å². The molecule has 1 aliphatic rings. The third-order valence-corrected chi connectivity index (χ3v) is 4.69. The Morgan fingerprint density at radius 1 is 1.07 bits per heavy atom. The lowest BCUT2D eigenvalue weighted by Crippen LogP contribution is -2.51. The first-order chi connectivity index (χ1) is 13.4. The van der Waals surface area contributed by atoms with E-state index >= 15 is 0 Å². The minimum atomic E-state index is -1.14. The maximum absolute atomic E-state index is 9.45. The number of nitrogens with zero attached hydrogens (tertiary/aromatic N) is 2. The van der Waals surface area contributed by atoms with Gasteiger partial charge < -0.3 is 29.5 Å². The van der Waals surface area contributed by atoms with E-state index in [0.717, 1.165) is 22.7 Å². The summed E-state index contributed by atoms with van der Waals surface area (Å²) < 4.78 is 16.1. The largest absolute Gasteiger partial charge is 0.497 e.